The summed E-state index contributed by atoms with van der Waals surface area (Å²) in [5.74, 6) is -3.73. The van der Waals surface area contributed by atoms with Crippen LogP contribution in [0.15, 0.2) is 53.5 Å². The van der Waals surface area contributed by atoms with Crippen molar-refractivity contribution >= 4 is 47.0 Å². The number of urea groups is 1. The van der Waals surface area contributed by atoms with Crippen LogP contribution in [-0.2, 0) is 14.4 Å². The van der Waals surface area contributed by atoms with Gasteiger partial charge < -0.3 is 15.2 Å². The molecule has 168 valence electrons. The van der Waals surface area contributed by atoms with Gasteiger partial charge in [0.05, 0.1) is 7.05 Å². The maximum atomic E-state index is 12.8. The number of nitrogens with two attached hydrogens (primary N) is 1. The maximum Gasteiger partial charge on any atom is 0.451 e. The fourth-order valence-electron chi connectivity index (χ4n) is 2.93. The van der Waals surface area contributed by atoms with E-state index in [4.69, 9.17) is 15.2 Å². The van der Waals surface area contributed by atoms with Gasteiger partial charge in [0.15, 0.2) is 11.5 Å². The number of amidine groups is 1. The molecule has 3 rings (SSSR count). The lowest BCUT2D eigenvalue weighted by Gasteiger charge is -2.20. The zero-order valence-electron chi connectivity index (χ0n) is 17.9. The molecule has 2 aromatic rings. The fraction of sp³-hybridized carbons (Fsp3) is 0.136. The number of aliphatic imine (C=N–C) groups is 1. The number of carbonyl (C=O) groups is 5. The minimum absolute atomic E-state index is 0.0812. The molecule has 33 heavy (non-hydrogen) atoms. The molecule has 0 atom stereocenters. The van der Waals surface area contributed by atoms with Crippen LogP contribution in [0.2, 0.25) is 0 Å². The zero-order valence-corrected chi connectivity index (χ0v) is 17.9. The van der Waals surface area contributed by atoms with Gasteiger partial charge in [-0.3, -0.25) is 14.4 Å². The molecule has 0 aromatic heterocycles. The summed E-state index contributed by atoms with van der Waals surface area (Å²) >= 11 is 0. The van der Waals surface area contributed by atoms with Crippen LogP contribution in [0, 0.1) is 0 Å². The van der Waals surface area contributed by atoms with Gasteiger partial charge in [0.1, 0.15) is 5.69 Å². The highest BCUT2D eigenvalue weighted by Crippen LogP contribution is 2.29. The largest absolute Gasteiger partial charge is 0.451 e. The first kappa shape index (κ1) is 23.0. The van der Waals surface area contributed by atoms with Crippen LogP contribution in [0.5, 0.6) is 11.5 Å². The van der Waals surface area contributed by atoms with Gasteiger partial charge in [-0.05, 0) is 30.3 Å². The van der Waals surface area contributed by atoms with Crippen molar-refractivity contribution in [1.29, 1.82) is 0 Å². The third kappa shape index (κ3) is 4.82. The quantitative estimate of drug-likeness (QED) is 0.417. The number of para-hydroxylation sites is 1. The molecule has 0 unspecified atom stereocenters. The summed E-state index contributed by atoms with van der Waals surface area (Å²) in [5.41, 5.74) is 5.92. The fourth-order valence-corrected chi connectivity index (χ4v) is 2.93. The summed E-state index contributed by atoms with van der Waals surface area (Å²) in [6.07, 6.45) is 0. The predicted molar refractivity (Wildman–Crippen MR) is 115 cm³/mol. The average molecular weight is 451 g/mol. The Morgan fingerprint density at radius 1 is 0.939 bits per heavy atom. The summed E-state index contributed by atoms with van der Waals surface area (Å²) in [7, 11) is 1.24. The summed E-state index contributed by atoms with van der Waals surface area (Å²) in [4.78, 5) is 65.4. The Morgan fingerprint density at radius 2 is 1.55 bits per heavy atom. The second-order valence-corrected chi connectivity index (χ2v) is 6.82. The predicted octanol–water partition coefficient (Wildman–Crippen LogP) is 1.41. The van der Waals surface area contributed by atoms with Crippen LogP contribution in [0.25, 0.3) is 0 Å². The van der Waals surface area contributed by atoms with Gasteiger partial charge in [-0.2, -0.15) is 14.5 Å². The molecule has 0 radical (unpaired) electrons. The van der Waals surface area contributed by atoms with Crippen molar-refractivity contribution in [3.8, 4) is 11.5 Å². The van der Waals surface area contributed by atoms with E-state index >= 15 is 0 Å². The number of benzene rings is 2. The van der Waals surface area contributed by atoms with Crippen LogP contribution >= 0.6 is 0 Å². The van der Waals surface area contributed by atoms with Crippen LogP contribution in [0.1, 0.15) is 24.2 Å². The summed E-state index contributed by atoms with van der Waals surface area (Å²) < 4.78 is 11.0. The molecule has 0 saturated carbocycles. The highest BCUT2D eigenvalue weighted by Gasteiger charge is 2.42. The van der Waals surface area contributed by atoms with Gasteiger partial charge in [0.2, 0.25) is 5.71 Å². The van der Waals surface area contributed by atoms with E-state index in [1.165, 1.54) is 19.2 Å². The Labute approximate surface area is 187 Å². The van der Waals surface area contributed by atoms with Gasteiger partial charge in [-0.25, -0.2) is 9.59 Å². The topological polar surface area (TPSA) is 148 Å². The molecule has 1 aliphatic rings. The number of carbonyl (C=O) groups excluding carboxylic acids is 5. The molecule has 11 nitrogen and oxygen atoms in total. The smallest absolute Gasteiger partial charge is 0.423 e. The zero-order chi connectivity index (χ0) is 24.3. The third-order valence-electron chi connectivity index (χ3n) is 4.39. The highest BCUT2D eigenvalue weighted by molar-refractivity contribution is 6.68. The third-order valence-corrected chi connectivity index (χ3v) is 4.39. The van der Waals surface area contributed by atoms with Crippen LogP contribution in [-0.4, -0.2) is 57.9 Å². The minimum atomic E-state index is -0.903. The molecule has 11 heteroatoms. The standard InChI is InChI=1S/C22H18N4O7/c1-12(27)32-16-10-9-14(11-17(16)33-13(2)28)20(29)24-18-19(23)26(15-7-5-4-6-8-15)22(31)25(3)21(18)30/h4-11,23H,1-3H3/p+1. The van der Waals surface area contributed by atoms with E-state index in [1.54, 1.807) is 30.3 Å². The van der Waals surface area contributed by atoms with Crippen molar-refractivity contribution in [2.75, 3.05) is 7.05 Å². The first-order chi connectivity index (χ1) is 15.6. The van der Waals surface area contributed by atoms with Crippen LogP contribution in [0.3, 0.4) is 0 Å². The van der Waals surface area contributed by atoms with Crippen molar-refractivity contribution in [2.45, 2.75) is 13.8 Å². The van der Waals surface area contributed by atoms with Crippen molar-refractivity contribution in [2.24, 2.45) is 10.7 Å². The Hall–Kier alpha value is -4.67. The maximum absolute atomic E-state index is 12.8. The molecule has 2 N–H and O–H groups in total. The lowest BCUT2D eigenvalue weighted by Crippen LogP contribution is -2.55. The molecular formula is C22H19N4O7+. The van der Waals surface area contributed by atoms with Crippen LogP contribution in [0.4, 0.5) is 10.5 Å². The molecule has 0 bridgehead atoms. The summed E-state index contributed by atoms with van der Waals surface area (Å²) in [6, 6.07) is 11.2. The molecule has 4 amide bonds. The van der Waals surface area contributed by atoms with Crippen molar-refractivity contribution < 1.29 is 38.0 Å². The monoisotopic (exact) mass is 451 g/mol. The molecular weight excluding hydrogens is 432 g/mol. The summed E-state index contributed by atoms with van der Waals surface area (Å²) in [5, 5.41) is 0. The number of esters is 2. The number of amides is 4. The molecule has 0 spiro atoms. The Morgan fingerprint density at radius 3 is 2.15 bits per heavy atom. The van der Waals surface area contributed by atoms with E-state index in [0.717, 1.165) is 29.4 Å². The highest BCUT2D eigenvalue weighted by atomic mass is 16.6. The van der Waals surface area contributed by atoms with E-state index in [-0.39, 0.29) is 22.9 Å². The Kier molecular flexibility index (Phi) is 6.43. The Balaban J connectivity index is 2.07. The number of hydrogen-bond acceptors (Lipinski definition) is 8. The first-order valence-electron chi connectivity index (χ1n) is 9.54. The van der Waals surface area contributed by atoms with Gasteiger partial charge in [0, 0.05) is 19.4 Å². The SMILES string of the molecule is CC(=O)Oc1ccc(C(=O)N=C2C(=O)N(C)C(=O)[N+](c3ccccc3)=C2N)cc1OC(C)=O. The van der Waals surface area contributed by atoms with Crippen molar-refractivity contribution in [1.82, 2.24) is 4.90 Å². The van der Waals surface area contributed by atoms with E-state index < -0.39 is 35.5 Å². The average Bonchev–Trinajstić information content (AvgIpc) is 2.76. The lowest BCUT2D eigenvalue weighted by molar-refractivity contribution is -0.342. The van der Waals surface area contributed by atoms with Crippen molar-refractivity contribution in [3.63, 3.8) is 0 Å². The molecule has 0 saturated heterocycles. The molecule has 1 heterocycles. The van der Waals surface area contributed by atoms with E-state index in [9.17, 15) is 24.0 Å². The van der Waals surface area contributed by atoms with Gasteiger partial charge in [0.25, 0.3) is 11.7 Å². The number of nitrogens with zero attached hydrogens (tertiary/aromatic N) is 3. The normalized spacial score (nSPS) is 15.0. The van der Waals surface area contributed by atoms with Gasteiger partial charge in [-0.1, -0.05) is 18.2 Å². The first-order valence-corrected chi connectivity index (χ1v) is 9.54. The molecule has 0 aliphatic carbocycles. The second kappa shape index (κ2) is 9.22. The van der Waals surface area contributed by atoms with Gasteiger partial charge in [-0.15, -0.1) is 0 Å². The van der Waals surface area contributed by atoms with Gasteiger partial charge >= 0.3 is 23.9 Å². The van der Waals surface area contributed by atoms with E-state index in [1.807, 2.05) is 0 Å². The van der Waals surface area contributed by atoms with Crippen molar-refractivity contribution in [3.05, 3.63) is 54.1 Å². The van der Waals surface area contributed by atoms with E-state index in [2.05, 4.69) is 4.99 Å². The lowest BCUT2D eigenvalue weighted by atomic mass is 10.1. The van der Waals surface area contributed by atoms with Crippen LogP contribution < -0.4 is 15.2 Å². The minimum Gasteiger partial charge on any atom is -0.423 e. The number of ether oxygens (including phenoxy) is 2. The Bertz CT molecular complexity index is 1250. The number of imide groups is 1. The summed E-state index contributed by atoms with van der Waals surface area (Å²) in [6.45, 7) is 2.29. The molecule has 0 fully saturated rings. The number of rotatable bonds is 4. The van der Waals surface area contributed by atoms with E-state index in [0.29, 0.717) is 5.69 Å². The second-order valence-electron chi connectivity index (χ2n) is 6.82. The molecule has 1 aliphatic heterocycles. The molecule has 2 aromatic carbocycles. The number of hydrogen-bond donors (Lipinski definition) is 1.